The van der Waals surface area contributed by atoms with Crippen molar-refractivity contribution in [2.24, 2.45) is 11.1 Å². The zero-order valence-corrected chi connectivity index (χ0v) is 15.3. The normalized spacial score (nSPS) is 22.4. The number of nitro groups is 1. The Morgan fingerprint density at radius 1 is 1.00 bits per heavy atom. The van der Waals surface area contributed by atoms with Crippen molar-refractivity contribution in [3.63, 3.8) is 0 Å². The molecule has 0 fully saturated rings. The monoisotopic (exact) mass is 405 g/mol. The summed E-state index contributed by atoms with van der Waals surface area (Å²) in [5, 5.41) is 41.6. The second-order valence-electron chi connectivity index (χ2n) is 6.81. The van der Waals surface area contributed by atoms with Crippen molar-refractivity contribution in [1.29, 1.82) is 15.8 Å². The van der Waals surface area contributed by atoms with E-state index in [0.717, 1.165) is 24.3 Å². The van der Waals surface area contributed by atoms with Gasteiger partial charge in [-0.05, 0) is 35.4 Å². The van der Waals surface area contributed by atoms with Crippen LogP contribution in [0.4, 0.5) is 8.78 Å². The predicted molar refractivity (Wildman–Crippen MR) is 99.5 cm³/mol. The van der Waals surface area contributed by atoms with Crippen molar-refractivity contribution in [3.05, 3.63) is 92.7 Å². The summed E-state index contributed by atoms with van der Waals surface area (Å²) in [6.07, 6.45) is 0. The third-order valence-electron chi connectivity index (χ3n) is 5.31. The van der Waals surface area contributed by atoms with Crippen LogP contribution in [0, 0.1) is 61.2 Å². The van der Waals surface area contributed by atoms with E-state index in [1.54, 1.807) is 18.2 Å². The summed E-state index contributed by atoms with van der Waals surface area (Å²) in [5.41, 5.74) is 3.06. The van der Waals surface area contributed by atoms with E-state index >= 15 is 0 Å². The lowest BCUT2D eigenvalue weighted by atomic mass is 9.58. The number of hydrogen-bond donors (Lipinski definition) is 1. The van der Waals surface area contributed by atoms with Crippen molar-refractivity contribution in [3.8, 4) is 18.2 Å². The average Bonchev–Trinajstić information content (AvgIpc) is 2.72. The molecule has 0 bridgehead atoms. The molecular formula is C21H13F2N5O2. The molecule has 0 aliphatic heterocycles. The van der Waals surface area contributed by atoms with Gasteiger partial charge >= 0.3 is 0 Å². The third kappa shape index (κ3) is 3.01. The van der Waals surface area contributed by atoms with Crippen molar-refractivity contribution >= 4 is 0 Å². The van der Waals surface area contributed by atoms with Crippen LogP contribution in [0.25, 0.3) is 0 Å². The van der Waals surface area contributed by atoms with E-state index in [-0.39, 0.29) is 16.7 Å². The molecule has 0 radical (unpaired) electrons. The molecular weight excluding hydrogens is 392 g/mol. The second kappa shape index (κ2) is 7.62. The number of allylic oxidation sites excluding steroid dienone is 1. The highest BCUT2D eigenvalue weighted by atomic mass is 19.1. The number of hydrogen-bond acceptors (Lipinski definition) is 6. The highest BCUT2D eigenvalue weighted by Gasteiger charge is 2.61. The van der Waals surface area contributed by atoms with Crippen molar-refractivity contribution in [2.75, 3.05) is 0 Å². The molecule has 3 rings (SSSR count). The minimum atomic E-state index is -2.29. The zero-order chi connectivity index (χ0) is 22.1. The number of halogens is 2. The van der Waals surface area contributed by atoms with E-state index in [0.29, 0.717) is 0 Å². The van der Waals surface area contributed by atoms with Gasteiger partial charge in [-0.1, -0.05) is 24.3 Å². The summed E-state index contributed by atoms with van der Waals surface area (Å²) in [7, 11) is 0. The van der Waals surface area contributed by atoms with E-state index in [1.807, 2.05) is 0 Å². The molecule has 2 aromatic carbocycles. The SMILES string of the molecule is N#CC1=C(N)C(C#N)(C#N)[C@H](c2cccc(F)c2)[C@@H]([N+](=O)[O-])[C@H]1c1cccc(F)c1. The van der Waals surface area contributed by atoms with Gasteiger partial charge < -0.3 is 5.73 Å². The number of benzene rings is 2. The summed E-state index contributed by atoms with van der Waals surface area (Å²) in [5.74, 6) is -4.27. The lowest BCUT2D eigenvalue weighted by Gasteiger charge is -2.40. The van der Waals surface area contributed by atoms with Crippen LogP contribution in [-0.2, 0) is 0 Å². The first-order valence-corrected chi connectivity index (χ1v) is 8.67. The van der Waals surface area contributed by atoms with E-state index in [1.165, 1.54) is 24.3 Å². The first-order chi connectivity index (χ1) is 14.3. The minimum absolute atomic E-state index is 0.00106. The van der Waals surface area contributed by atoms with E-state index in [2.05, 4.69) is 0 Å². The maximum absolute atomic E-state index is 13.9. The Morgan fingerprint density at radius 3 is 2.00 bits per heavy atom. The van der Waals surface area contributed by atoms with Crippen LogP contribution in [0.2, 0.25) is 0 Å². The molecule has 9 heteroatoms. The first kappa shape index (κ1) is 20.4. The van der Waals surface area contributed by atoms with E-state index in [9.17, 15) is 34.7 Å². The van der Waals surface area contributed by atoms with Crippen LogP contribution < -0.4 is 5.73 Å². The van der Waals surface area contributed by atoms with Gasteiger partial charge in [0.05, 0.1) is 41.3 Å². The van der Waals surface area contributed by atoms with Gasteiger partial charge in [-0.25, -0.2) is 8.78 Å². The maximum Gasteiger partial charge on any atom is 0.234 e. The molecule has 1 aliphatic rings. The van der Waals surface area contributed by atoms with Crippen LogP contribution in [-0.4, -0.2) is 11.0 Å². The predicted octanol–water partition coefficient (Wildman–Crippen LogP) is 3.26. The Bertz CT molecular complexity index is 1170. The van der Waals surface area contributed by atoms with Crippen molar-refractivity contribution < 1.29 is 13.7 Å². The van der Waals surface area contributed by atoms with Crippen LogP contribution in [0.15, 0.2) is 59.8 Å². The van der Waals surface area contributed by atoms with Crippen LogP contribution >= 0.6 is 0 Å². The standard InChI is InChI=1S/C21H13F2N5O2/c22-14-5-1-3-12(7-14)17-16(9-24)20(27)21(10-25,11-26)18(19(17)28(29)30)13-4-2-6-15(23)8-13/h1-8,17-19H,27H2/t17-,18+,19-/m0/s1. The van der Waals surface area contributed by atoms with Gasteiger partial charge in [-0.15, -0.1) is 0 Å². The molecule has 0 aromatic heterocycles. The fraction of sp³-hybridized carbons (Fsp3) is 0.190. The van der Waals surface area contributed by atoms with Crippen molar-refractivity contribution in [1.82, 2.24) is 0 Å². The summed E-state index contributed by atoms with van der Waals surface area (Å²) in [6.45, 7) is 0. The lowest BCUT2D eigenvalue weighted by molar-refractivity contribution is -0.532. The average molecular weight is 405 g/mol. The summed E-state index contributed by atoms with van der Waals surface area (Å²) in [6, 6.07) is 13.1. The Kier molecular flexibility index (Phi) is 5.19. The molecule has 0 unspecified atom stereocenters. The molecule has 7 nitrogen and oxygen atoms in total. The zero-order valence-electron chi connectivity index (χ0n) is 15.3. The summed E-state index contributed by atoms with van der Waals surface area (Å²) in [4.78, 5) is 11.5. The van der Waals surface area contributed by atoms with Gasteiger partial charge in [0.2, 0.25) is 6.04 Å². The van der Waals surface area contributed by atoms with Gasteiger partial charge in [0.15, 0.2) is 5.41 Å². The molecule has 148 valence electrons. The molecule has 0 amide bonds. The molecule has 2 aromatic rings. The highest BCUT2D eigenvalue weighted by molar-refractivity contribution is 5.54. The van der Waals surface area contributed by atoms with Crippen LogP contribution in [0.3, 0.4) is 0 Å². The first-order valence-electron chi connectivity index (χ1n) is 8.67. The second-order valence-corrected chi connectivity index (χ2v) is 6.81. The summed E-state index contributed by atoms with van der Waals surface area (Å²) < 4.78 is 27.8. The van der Waals surface area contributed by atoms with Crippen LogP contribution in [0.1, 0.15) is 23.0 Å². The maximum atomic E-state index is 13.9. The van der Waals surface area contributed by atoms with Gasteiger partial charge in [0.25, 0.3) is 0 Å². The molecule has 3 atom stereocenters. The highest BCUT2D eigenvalue weighted by Crippen LogP contribution is 2.53. The summed E-state index contributed by atoms with van der Waals surface area (Å²) >= 11 is 0. The largest absolute Gasteiger partial charge is 0.399 e. The number of nitrogens with zero attached hydrogens (tertiary/aromatic N) is 4. The smallest absolute Gasteiger partial charge is 0.234 e. The number of rotatable bonds is 3. The number of nitrogens with two attached hydrogens (primary N) is 1. The van der Waals surface area contributed by atoms with Crippen molar-refractivity contribution in [2.45, 2.75) is 17.9 Å². The molecule has 0 spiro atoms. The molecule has 30 heavy (non-hydrogen) atoms. The molecule has 1 aliphatic carbocycles. The van der Waals surface area contributed by atoms with E-state index < -0.39 is 45.5 Å². The van der Waals surface area contributed by atoms with E-state index in [4.69, 9.17) is 5.73 Å². The molecule has 0 saturated heterocycles. The molecule has 0 saturated carbocycles. The van der Waals surface area contributed by atoms with Gasteiger partial charge in [0, 0.05) is 4.92 Å². The van der Waals surface area contributed by atoms with Gasteiger partial charge in [0.1, 0.15) is 11.6 Å². The Balaban J connectivity index is 2.44. The Hall–Kier alpha value is -4.29. The topological polar surface area (TPSA) is 141 Å². The molecule has 2 N–H and O–H groups in total. The molecule has 0 heterocycles. The fourth-order valence-electron chi connectivity index (χ4n) is 4.04. The third-order valence-corrected chi connectivity index (χ3v) is 5.31. The fourth-order valence-corrected chi connectivity index (χ4v) is 4.04. The van der Waals surface area contributed by atoms with Gasteiger partial charge in [-0.3, -0.25) is 10.1 Å². The minimum Gasteiger partial charge on any atom is -0.399 e. The lowest BCUT2D eigenvalue weighted by Crippen LogP contribution is -2.50. The Labute approximate surface area is 170 Å². The van der Waals surface area contributed by atoms with Crippen LogP contribution in [0.5, 0.6) is 0 Å². The Morgan fingerprint density at radius 2 is 1.53 bits per heavy atom. The van der Waals surface area contributed by atoms with Gasteiger partial charge in [-0.2, -0.15) is 15.8 Å². The quantitative estimate of drug-likeness (QED) is 0.614. The number of nitriles is 3.